The van der Waals surface area contributed by atoms with E-state index in [1.54, 1.807) is 11.3 Å². The highest BCUT2D eigenvalue weighted by Gasteiger charge is 2.21. The first-order valence-electron chi connectivity index (χ1n) is 18.5. The molecule has 0 saturated carbocycles. The molecule has 8 aromatic carbocycles. The van der Waals surface area contributed by atoms with Gasteiger partial charge in [-0.15, -0.1) is 11.3 Å². The Morgan fingerprint density at radius 2 is 1.22 bits per heavy atom. The van der Waals surface area contributed by atoms with E-state index in [2.05, 4.69) is 168 Å². The Bertz CT molecular complexity index is 3480. The molecule has 0 spiro atoms. The number of fused-ring (bicyclic) bond motifs is 11. The van der Waals surface area contributed by atoms with Crippen LogP contribution in [0.3, 0.4) is 0 Å². The maximum absolute atomic E-state index is 6.71. The molecule has 0 atom stereocenters. The number of hydrogen-bond donors (Lipinski definition) is 0. The third-order valence-electron chi connectivity index (χ3n) is 11.0. The zero-order chi connectivity index (χ0) is 36.0. The summed E-state index contributed by atoms with van der Waals surface area (Å²) in [7, 11) is 0. The summed E-state index contributed by atoms with van der Waals surface area (Å²) in [6.45, 7) is 0. The lowest BCUT2D eigenvalue weighted by molar-refractivity contribution is 0.668. The fourth-order valence-electron chi connectivity index (χ4n) is 8.50. The van der Waals surface area contributed by atoms with Crippen LogP contribution in [0, 0.1) is 0 Å². The molecule has 55 heavy (non-hydrogen) atoms. The Balaban J connectivity index is 1.07. The summed E-state index contributed by atoms with van der Waals surface area (Å²) < 4.78 is 11.4. The molecule has 5 heteroatoms. The summed E-state index contributed by atoms with van der Waals surface area (Å²) in [6, 6.07) is 62.4. The van der Waals surface area contributed by atoms with Crippen LogP contribution in [-0.4, -0.2) is 14.5 Å². The minimum Gasteiger partial charge on any atom is -0.456 e. The molecule has 0 aliphatic heterocycles. The van der Waals surface area contributed by atoms with E-state index in [4.69, 9.17) is 14.4 Å². The maximum atomic E-state index is 6.71. The molecular weight excluding hydrogens is 691 g/mol. The number of hydrogen-bond acceptors (Lipinski definition) is 4. The number of benzene rings is 8. The van der Waals surface area contributed by atoms with Gasteiger partial charge in [-0.25, -0.2) is 9.97 Å². The number of aromatic nitrogens is 3. The van der Waals surface area contributed by atoms with Gasteiger partial charge in [-0.2, -0.15) is 0 Å². The van der Waals surface area contributed by atoms with E-state index in [0.717, 1.165) is 60.0 Å². The Morgan fingerprint density at radius 1 is 0.491 bits per heavy atom. The quantitative estimate of drug-likeness (QED) is 0.182. The van der Waals surface area contributed by atoms with Gasteiger partial charge in [-0.3, -0.25) is 0 Å². The van der Waals surface area contributed by atoms with Gasteiger partial charge in [-0.1, -0.05) is 140 Å². The summed E-state index contributed by atoms with van der Waals surface area (Å²) in [5.74, 6) is 0.685. The van der Waals surface area contributed by atoms with Crippen LogP contribution in [0.5, 0.6) is 0 Å². The number of nitrogens with zero attached hydrogens (tertiary/aromatic N) is 3. The first-order valence-corrected chi connectivity index (χ1v) is 19.3. The van der Waals surface area contributed by atoms with Crippen molar-refractivity contribution in [1.29, 1.82) is 0 Å². The summed E-state index contributed by atoms with van der Waals surface area (Å²) in [5, 5.41) is 8.10. The zero-order valence-electron chi connectivity index (χ0n) is 29.4. The fraction of sp³-hybridized carbons (Fsp3) is 0. The second kappa shape index (κ2) is 11.7. The van der Waals surface area contributed by atoms with Crippen molar-refractivity contribution in [2.75, 3.05) is 0 Å². The van der Waals surface area contributed by atoms with Crippen LogP contribution >= 0.6 is 11.3 Å². The highest BCUT2D eigenvalue weighted by Crippen LogP contribution is 2.43. The molecule has 0 saturated heterocycles. The van der Waals surface area contributed by atoms with Crippen molar-refractivity contribution in [3.05, 3.63) is 176 Å². The van der Waals surface area contributed by atoms with Crippen LogP contribution in [0.2, 0.25) is 0 Å². The van der Waals surface area contributed by atoms with Crippen LogP contribution in [0.4, 0.5) is 0 Å². The van der Waals surface area contributed by atoms with E-state index >= 15 is 0 Å². The topological polar surface area (TPSA) is 43.9 Å². The fourth-order valence-corrected chi connectivity index (χ4v) is 9.65. The Kier molecular flexibility index (Phi) is 6.47. The van der Waals surface area contributed by atoms with Gasteiger partial charge < -0.3 is 8.98 Å². The predicted octanol–water partition coefficient (Wildman–Crippen LogP) is 14.0. The van der Waals surface area contributed by atoms with Crippen LogP contribution in [0.1, 0.15) is 0 Å². The summed E-state index contributed by atoms with van der Waals surface area (Å²) in [6.07, 6.45) is 0. The van der Waals surface area contributed by atoms with E-state index in [1.807, 2.05) is 12.1 Å². The molecule has 0 N–H and O–H groups in total. The predicted molar refractivity (Wildman–Crippen MR) is 230 cm³/mol. The normalized spacial score (nSPS) is 12.0. The average Bonchev–Trinajstić information content (AvgIpc) is 3.93. The lowest BCUT2D eigenvalue weighted by Gasteiger charge is -2.10. The van der Waals surface area contributed by atoms with Crippen molar-refractivity contribution < 1.29 is 4.42 Å². The van der Waals surface area contributed by atoms with Crippen molar-refractivity contribution in [3.63, 3.8) is 0 Å². The van der Waals surface area contributed by atoms with Crippen molar-refractivity contribution in [2.24, 2.45) is 0 Å². The van der Waals surface area contributed by atoms with Crippen molar-refractivity contribution in [1.82, 2.24) is 14.5 Å². The number of furan rings is 1. The highest BCUT2D eigenvalue weighted by atomic mass is 32.1. The van der Waals surface area contributed by atoms with Crippen LogP contribution in [-0.2, 0) is 0 Å². The minimum atomic E-state index is 0.685. The van der Waals surface area contributed by atoms with Gasteiger partial charge in [0.25, 0.3) is 0 Å². The SMILES string of the molecule is c1ccc(-c2ccc(-c3nc(-c4cccc5oc6cc(-n7c8ccccc8c8ccc9ccccc9c87)ccc6c45)nc4c3sc3ccccc34)cc2)cc1. The molecule has 12 rings (SSSR count). The third kappa shape index (κ3) is 4.57. The molecular formula is C50H29N3OS. The van der Waals surface area contributed by atoms with Gasteiger partial charge in [0.05, 0.1) is 26.9 Å². The molecule has 0 aliphatic carbocycles. The van der Waals surface area contributed by atoms with Gasteiger partial charge in [0.15, 0.2) is 5.82 Å². The molecule has 4 heterocycles. The Hall–Kier alpha value is -7.08. The van der Waals surface area contributed by atoms with Crippen molar-refractivity contribution >= 4 is 86.2 Å². The van der Waals surface area contributed by atoms with E-state index in [0.29, 0.717) is 5.82 Å². The second-order valence-electron chi connectivity index (χ2n) is 14.1. The van der Waals surface area contributed by atoms with Crippen LogP contribution < -0.4 is 0 Å². The van der Waals surface area contributed by atoms with E-state index < -0.39 is 0 Å². The van der Waals surface area contributed by atoms with Gasteiger partial charge in [0.2, 0.25) is 0 Å². The first-order chi connectivity index (χ1) is 27.3. The molecule has 0 fully saturated rings. The molecule has 0 amide bonds. The molecule has 4 nitrogen and oxygen atoms in total. The minimum absolute atomic E-state index is 0.685. The lowest BCUT2D eigenvalue weighted by Crippen LogP contribution is -1.95. The van der Waals surface area contributed by atoms with E-state index in [1.165, 1.54) is 48.4 Å². The largest absolute Gasteiger partial charge is 0.456 e. The van der Waals surface area contributed by atoms with Crippen molar-refractivity contribution in [2.45, 2.75) is 0 Å². The molecule has 4 aromatic heterocycles. The summed E-state index contributed by atoms with van der Waals surface area (Å²) in [4.78, 5) is 10.7. The van der Waals surface area contributed by atoms with Crippen LogP contribution in [0.25, 0.3) is 114 Å². The second-order valence-corrected chi connectivity index (χ2v) is 15.2. The standard InChI is InChI=1S/C50H29N3OS/c1-2-11-30(12-3-1)31-21-23-33(24-22-31)46-49-47(39-16-7-9-20-44(39)55-49)52-50(51-46)40-17-10-19-42-45(40)38-28-26-34(29-43(38)54-42)53-41-18-8-6-15-36(41)37-27-25-32-13-4-5-14-35(32)48(37)53/h1-29H. The van der Waals surface area contributed by atoms with E-state index in [9.17, 15) is 0 Å². The van der Waals surface area contributed by atoms with E-state index in [-0.39, 0.29) is 0 Å². The average molecular weight is 720 g/mol. The molecule has 0 unspecified atom stereocenters. The Morgan fingerprint density at radius 3 is 2.11 bits per heavy atom. The maximum Gasteiger partial charge on any atom is 0.161 e. The smallest absolute Gasteiger partial charge is 0.161 e. The Labute approximate surface area is 319 Å². The summed E-state index contributed by atoms with van der Waals surface area (Å²) in [5.41, 5.74) is 11.3. The van der Waals surface area contributed by atoms with Gasteiger partial charge >= 0.3 is 0 Å². The molecule has 0 aliphatic rings. The number of rotatable bonds is 4. The summed E-state index contributed by atoms with van der Waals surface area (Å²) >= 11 is 1.75. The van der Waals surface area contributed by atoms with Gasteiger partial charge in [-0.05, 0) is 46.8 Å². The molecule has 256 valence electrons. The van der Waals surface area contributed by atoms with Gasteiger partial charge in [0, 0.05) is 59.9 Å². The van der Waals surface area contributed by atoms with Crippen molar-refractivity contribution in [3.8, 4) is 39.5 Å². The zero-order valence-corrected chi connectivity index (χ0v) is 30.2. The molecule has 12 aromatic rings. The lowest BCUT2D eigenvalue weighted by atomic mass is 10.0. The number of para-hydroxylation sites is 1. The monoisotopic (exact) mass is 719 g/mol. The number of thiophene rings is 1. The molecule has 0 radical (unpaired) electrons. The molecule has 0 bridgehead atoms. The van der Waals surface area contributed by atoms with Gasteiger partial charge in [0.1, 0.15) is 11.2 Å². The van der Waals surface area contributed by atoms with Crippen LogP contribution in [0.15, 0.2) is 180 Å². The highest BCUT2D eigenvalue weighted by molar-refractivity contribution is 7.26. The third-order valence-corrected chi connectivity index (χ3v) is 12.2. The first kappa shape index (κ1) is 30.4.